The molecule has 2 nitrogen and oxygen atoms in total. The zero-order valence-corrected chi connectivity index (χ0v) is 11.3. The second kappa shape index (κ2) is 5.00. The van der Waals surface area contributed by atoms with Crippen LogP contribution in [0.2, 0.25) is 0 Å². The van der Waals surface area contributed by atoms with Gasteiger partial charge in [-0.05, 0) is 42.9 Å². The molecule has 0 bridgehead atoms. The molecule has 2 fully saturated rings. The van der Waals surface area contributed by atoms with Gasteiger partial charge in [-0.2, -0.15) is 13.2 Å². The molecule has 2 unspecified atom stereocenters. The summed E-state index contributed by atoms with van der Waals surface area (Å²) < 4.78 is 51.8. The fraction of sp³-hybridized carbons (Fsp3) is 0.533. The van der Waals surface area contributed by atoms with Gasteiger partial charge in [0.15, 0.2) is 0 Å². The molecule has 1 amide bonds. The maximum Gasteiger partial charge on any atom is 0.416 e. The normalized spacial score (nSPS) is 25.2. The van der Waals surface area contributed by atoms with Gasteiger partial charge in [0.25, 0.3) is 5.91 Å². The molecule has 3 rings (SSSR count). The molecule has 6 heteroatoms. The van der Waals surface area contributed by atoms with Crippen molar-refractivity contribution in [1.29, 1.82) is 0 Å². The number of carbonyl (C=O) groups excluding carboxylic acids is 1. The number of fused-ring (bicyclic) bond motifs is 1. The quantitative estimate of drug-likeness (QED) is 0.724. The first-order valence-corrected chi connectivity index (χ1v) is 7.02. The number of hydrogen-bond donors (Lipinski definition) is 0. The Bertz CT molecular complexity index is 557. The number of carbonyl (C=O) groups is 1. The van der Waals surface area contributed by atoms with Crippen molar-refractivity contribution in [3.8, 4) is 0 Å². The molecule has 21 heavy (non-hydrogen) atoms. The average molecular weight is 301 g/mol. The van der Waals surface area contributed by atoms with Gasteiger partial charge in [0.05, 0.1) is 11.1 Å². The molecule has 1 saturated carbocycles. The summed E-state index contributed by atoms with van der Waals surface area (Å²) in [6.45, 7) is 1.05. The lowest BCUT2D eigenvalue weighted by atomic mass is 10.0. The predicted octanol–water partition coefficient (Wildman–Crippen LogP) is 3.72. The van der Waals surface area contributed by atoms with E-state index in [0.717, 1.165) is 19.3 Å². The first-order valence-electron chi connectivity index (χ1n) is 7.02. The van der Waals surface area contributed by atoms with E-state index in [4.69, 9.17) is 0 Å². The molecule has 0 spiro atoms. The Labute approximate surface area is 119 Å². The summed E-state index contributed by atoms with van der Waals surface area (Å²) in [6, 6.07) is 1.99. The van der Waals surface area contributed by atoms with E-state index in [1.165, 1.54) is 4.90 Å². The highest BCUT2D eigenvalue weighted by molar-refractivity contribution is 5.95. The third kappa shape index (κ3) is 2.63. The molecule has 1 heterocycles. The molecule has 1 aromatic rings. The summed E-state index contributed by atoms with van der Waals surface area (Å²) in [4.78, 5) is 13.8. The van der Waals surface area contributed by atoms with Crippen LogP contribution in [0.25, 0.3) is 0 Å². The van der Waals surface area contributed by atoms with Crippen LogP contribution < -0.4 is 0 Å². The Morgan fingerprint density at radius 3 is 2.33 bits per heavy atom. The Hall–Kier alpha value is -1.59. The Balaban J connectivity index is 1.84. The highest BCUT2D eigenvalue weighted by atomic mass is 19.4. The van der Waals surface area contributed by atoms with E-state index >= 15 is 0 Å². The average Bonchev–Trinajstić information content (AvgIpc) is 2.97. The number of benzene rings is 1. The van der Waals surface area contributed by atoms with Gasteiger partial charge in [0.1, 0.15) is 5.82 Å². The summed E-state index contributed by atoms with van der Waals surface area (Å²) >= 11 is 0. The van der Waals surface area contributed by atoms with Gasteiger partial charge in [-0.25, -0.2) is 4.39 Å². The van der Waals surface area contributed by atoms with Crippen LogP contribution in [0.4, 0.5) is 17.6 Å². The van der Waals surface area contributed by atoms with Gasteiger partial charge < -0.3 is 4.90 Å². The van der Waals surface area contributed by atoms with Crippen molar-refractivity contribution in [2.75, 3.05) is 13.1 Å². The largest absolute Gasteiger partial charge is 0.416 e. The van der Waals surface area contributed by atoms with Gasteiger partial charge in [0.2, 0.25) is 0 Å². The topological polar surface area (TPSA) is 20.3 Å². The van der Waals surface area contributed by atoms with Crippen molar-refractivity contribution < 1.29 is 22.4 Å². The van der Waals surface area contributed by atoms with Crippen molar-refractivity contribution in [3.63, 3.8) is 0 Å². The van der Waals surface area contributed by atoms with Crippen LogP contribution in [0.3, 0.4) is 0 Å². The first-order chi connectivity index (χ1) is 9.86. The highest BCUT2D eigenvalue weighted by Crippen LogP contribution is 2.38. The molecule has 1 saturated heterocycles. The molecule has 1 aliphatic heterocycles. The number of likely N-dealkylation sites (tertiary alicyclic amines) is 1. The van der Waals surface area contributed by atoms with Gasteiger partial charge in [-0.15, -0.1) is 0 Å². The van der Waals surface area contributed by atoms with Crippen LogP contribution in [0.5, 0.6) is 0 Å². The molecule has 0 aromatic heterocycles. The first kappa shape index (κ1) is 14.4. The lowest BCUT2D eigenvalue weighted by Gasteiger charge is -2.18. The van der Waals surface area contributed by atoms with E-state index in [2.05, 4.69) is 0 Å². The number of rotatable bonds is 1. The molecule has 2 aliphatic rings. The molecular formula is C15H15F4NO. The molecule has 0 N–H and O–H groups in total. The summed E-state index contributed by atoms with van der Waals surface area (Å²) in [5.74, 6) is -0.691. The second-order valence-corrected chi connectivity index (χ2v) is 5.85. The second-order valence-electron chi connectivity index (χ2n) is 5.85. The third-order valence-electron chi connectivity index (χ3n) is 4.54. The third-order valence-corrected chi connectivity index (χ3v) is 4.54. The molecule has 1 aromatic carbocycles. The van der Waals surface area contributed by atoms with E-state index in [0.29, 0.717) is 43.1 Å². The van der Waals surface area contributed by atoms with Crippen LogP contribution >= 0.6 is 0 Å². The Morgan fingerprint density at radius 1 is 1.14 bits per heavy atom. The lowest BCUT2D eigenvalue weighted by molar-refractivity contribution is -0.137. The Morgan fingerprint density at radius 2 is 1.76 bits per heavy atom. The van der Waals surface area contributed by atoms with Crippen molar-refractivity contribution in [2.24, 2.45) is 11.8 Å². The SMILES string of the molecule is O=C(c1cc(C(F)(F)F)ccc1F)N1CC2CCCC2C1. The molecule has 0 radical (unpaired) electrons. The standard InChI is InChI=1S/C15H15F4NO/c16-13-5-4-11(15(17,18)19)6-12(13)14(21)20-7-9-2-1-3-10(9)8-20/h4-6,9-10H,1-3,7-8H2. The van der Waals surface area contributed by atoms with Crippen molar-refractivity contribution in [2.45, 2.75) is 25.4 Å². The number of alkyl halides is 3. The van der Waals surface area contributed by atoms with Crippen LogP contribution in [0.1, 0.15) is 35.2 Å². The Kier molecular flexibility index (Phi) is 3.42. The zero-order chi connectivity index (χ0) is 15.2. The smallest absolute Gasteiger partial charge is 0.338 e. The van der Waals surface area contributed by atoms with E-state index in [1.807, 2.05) is 0 Å². The maximum absolute atomic E-state index is 13.7. The monoisotopic (exact) mass is 301 g/mol. The number of amides is 1. The maximum atomic E-state index is 13.7. The van der Waals surface area contributed by atoms with Crippen LogP contribution in [-0.2, 0) is 6.18 Å². The van der Waals surface area contributed by atoms with Crippen LogP contribution in [-0.4, -0.2) is 23.9 Å². The highest BCUT2D eigenvalue weighted by Gasteiger charge is 2.39. The molecule has 1 aliphatic carbocycles. The minimum atomic E-state index is -4.58. The predicted molar refractivity (Wildman–Crippen MR) is 68.1 cm³/mol. The number of hydrogen-bond acceptors (Lipinski definition) is 1. The molecule has 2 atom stereocenters. The van der Waals surface area contributed by atoms with E-state index in [9.17, 15) is 22.4 Å². The van der Waals surface area contributed by atoms with Gasteiger partial charge in [-0.3, -0.25) is 4.79 Å². The van der Waals surface area contributed by atoms with Crippen molar-refractivity contribution >= 4 is 5.91 Å². The lowest BCUT2D eigenvalue weighted by Crippen LogP contribution is -2.30. The fourth-order valence-corrected chi connectivity index (χ4v) is 3.44. The molecular weight excluding hydrogens is 286 g/mol. The van der Waals surface area contributed by atoms with Gasteiger partial charge in [-0.1, -0.05) is 6.42 Å². The van der Waals surface area contributed by atoms with Crippen LogP contribution in [0, 0.1) is 17.7 Å². The minimum Gasteiger partial charge on any atom is -0.338 e. The zero-order valence-electron chi connectivity index (χ0n) is 11.3. The molecule has 114 valence electrons. The fourth-order valence-electron chi connectivity index (χ4n) is 3.44. The summed E-state index contributed by atoms with van der Waals surface area (Å²) in [5.41, 5.74) is -1.48. The van der Waals surface area contributed by atoms with Crippen molar-refractivity contribution in [3.05, 3.63) is 35.1 Å². The van der Waals surface area contributed by atoms with E-state index in [-0.39, 0.29) is 0 Å². The summed E-state index contributed by atoms with van der Waals surface area (Å²) in [5, 5.41) is 0. The minimum absolute atomic E-state index is 0.419. The van der Waals surface area contributed by atoms with Gasteiger partial charge >= 0.3 is 6.18 Å². The number of halogens is 4. The van der Waals surface area contributed by atoms with Gasteiger partial charge in [0, 0.05) is 13.1 Å². The van der Waals surface area contributed by atoms with Crippen LogP contribution in [0.15, 0.2) is 18.2 Å². The summed E-state index contributed by atoms with van der Waals surface area (Å²) in [6.07, 6.45) is -1.36. The van der Waals surface area contributed by atoms with E-state index in [1.54, 1.807) is 0 Å². The van der Waals surface area contributed by atoms with E-state index < -0.39 is 29.0 Å². The van der Waals surface area contributed by atoms with Crippen molar-refractivity contribution in [1.82, 2.24) is 4.90 Å². The number of nitrogens with zero attached hydrogens (tertiary/aromatic N) is 1. The summed E-state index contributed by atoms with van der Waals surface area (Å²) in [7, 11) is 0.